The van der Waals surface area contributed by atoms with Gasteiger partial charge in [0.05, 0.1) is 17.1 Å². The maximum atomic E-state index is 2.53. The van der Waals surface area contributed by atoms with Crippen LogP contribution in [0.3, 0.4) is 0 Å². The van der Waals surface area contributed by atoms with E-state index in [1.165, 1.54) is 111 Å². The summed E-state index contributed by atoms with van der Waals surface area (Å²) in [7, 11) is 0. The van der Waals surface area contributed by atoms with Gasteiger partial charge in [-0.05, 0) is 116 Å². The maximum absolute atomic E-state index is 2.53. The molecule has 0 spiro atoms. The van der Waals surface area contributed by atoms with E-state index in [-0.39, 0.29) is 5.41 Å². The van der Waals surface area contributed by atoms with Crippen LogP contribution in [-0.2, 0) is 5.41 Å². The van der Waals surface area contributed by atoms with Crippen molar-refractivity contribution in [2.75, 3.05) is 9.80 Å². The monoisotopic (exact) mass is 686 g/mol. The van der Waals surface area contributed by atoms with Gasteiger partial charge in [-0.15, -0.1) is 0 Å². The van der Waals surface area contributed by atoms with E-state index in [0.717, 1.165) is 0 Å². The summed E-state index contributed by atoms with van der Waals surface area (Å²) in [6.45, 7) is 18.0. The van der Waals surface area contributed by atoms with Gasteiger partial charge in [0, 0.05) is 38.6 Å². The van der Waals surface area contributed by atoms with Crippen molar-refractivity contribution in [2.24, 2.45) is 0 Å². The van der Waals surface area contributed by atoms with E-state index in [1.807, 2.05) is 0 Å². The van der Waals surface area contributed by atoms with Gasteiger partial charge in [-0.1, -0.05) is 133 Å². The third-order valence-electron chi connectivity index (χ3n) is 11.7. The molecule has 0 bridgehead atoms. The normalized spacial score (nSPS) is 13.4. The number of rotatable bonds is 4. The van der Waals surface area contributed by atoms with Crippen LogP contribution in [0.15, 0.2) is 133 Å². The number of hydrogen-bond donors (Lipinski definition) is 0. The van der Waals surface area contributed by atoms with Crippen molar-refractivity contribution in [1.82, 2.24) is 0 Å². The van der Waals surface area contributed by atoms with Gasteiger partial charge < -0.3 is 9.80 Å². The smallest absolute Gasteiger partial charge is 0.0618 e. The lowest BCUT2D eigenvalue weighted by Gasteiger charge is -2.43. The number of aryl methyl sites for hydroxylation is 6. The molecule has 0 saturated heterocycles. The summed E-state index contributed by atoms with van der Waals surface area (Å²) >= 11 is 0. The lowest BCUT2D eigenvalue weighted by molar-refractivity contribution is 0.632. The molecule has 0 atom stereocenters. The van der Waals surface area contributed by atoms with E-state index in [4.69, 9.17) is 0 Å². The van der Waals surface area contributed by atoms with E-state index in [1.54, 1.807) is 0 Å². The number of fused-ring (bicyclic) bond motifs is 7. The molecule has 0 saturated carbocycles. The highest BCUT2D eigenvalue weighted by atomic mass is 15.2. The largest absolute Gasteiger partial charge is 0.309 e. The first kappa shape index (κ1) is 33.0. The Hall–Kier alpha value is -5.86. The predicted octanol–water partition coefficient (Wildman–Crippen LogP) is 14.6. The van der Waals surface area contributed by atoms with Crippen LogP contribution < -0.4 is 9.80 Å². The fourth-order valence-electron chi connectivity index (χ4n) is 8.96. The minimum Gasteiger partial charge on any atom is -0.309 e. The third kappa shape index (κ3) is 5.15. The zero-order valence-electron chi connectivity index (χ0n) is 32.1. The first-order valence-electron chi connectivity index (χ1n) is 18.9. The van der Waals surface area contributed by atoms with Crippen LogP contribution in [0.4, 0.5) is 34.1 Å². The molecule has 53 heavy (non-hydrogen) atoms. The summed E-state index contributed by atoms with van der Waals surface area (Å²) < 4.78 is 0. The van der Waals surface area contributed by atoms with Crippen molar-refractivity contribution in [1.29, 1.82) is 0 Å². The molecular formula is C51H46N2. The molecular weight excluding hydrogens is 641 g/mol. The molecule has 0 radical (unpaired) electrons. The zero-order valence-corrected chi connectivity index (χ0v) is 32.1. The molecule has 9 rings (SSSR count). The van der Waals surface area contributed by atoms with Crippen molar-refractivity contribution in [3.63, 3.8) is 0 Å². The molecule has 2 heteroatoms. The molecule has 1 aliphatic rings. The summed E-state index contributed by atoms with van der Waals surface area (Å²) in [6.07, 6.45) is 0. The summed E-state index contributed by atoms with van der Waals surface area (Å²) in [5.41, 5.74) is 17.4. The summed E-state index contributed by atoms with van der Waals surface area (Å²) in [5, 5.41) is 7.50. The van der Waals surface area contributed by atoms with E-state index in [2.05, 4.69) is 199 Å². The van der Waals surface area contributed by atoms with Crippen LogP contribution in [0, 0.1) is 41.5 Å². The average Bonchev–Trinajstić information content (AvgIpc) is 3.13. The van der Waals surface area contributed by atoms with Gasteiger partial charge in [-0.3, -0.25) is 0 Å². The standard InChI is InChI=1S/C51H46N2/c1-31-13-18-38(19-14-31)52-48-26-17-34(4)29-45(48)51(7,8)44-23-22-40-41(50(44)52)20-21-42-43(40)30-37-11-9-10-12-39(37)49(42)53(46-24-15-32(2)27-35(46)5)47-25-16-33(3)28-36(47)6/h9-30H,1-8H3. The minimum absolute atomic E-state index is 0.182. The Morgan fingerprint density at radius 1 is 0.453 bits per heavy atom. The van der Waals surface area contributed by atoms with Gasteiger partial charge in [-0.25, -0.2) is 0 Å². The van der Waals surface area contributed by atoms with Crippen molar-refractivity contribution in [3.8, 4) is 0 Å². The molecule has 1 aliphatic heterocycles. The molecule has 0 N–H and O–H groups in total. The Morgan fingerprint density at radius 2 is 1.04 bits per heavy atom. The van der Waals surface area contributed by atoms with Crippen molar-refractivity contribution >= 4 is 66.4 Å². The van der Waals surface area contributed by atoms with E-state index < -0.39 is 0 Å². The second-order valence-electron chi connectivity index (χ2n) is 15.9. The number of nitrogens with zero attached hydrogens (tertiary/aromatic N) is 2. The average molecular weight is 687 g/mol. The molecule has 260 valence electrons. The first-order valence-corrected chi connectivity index (χ1v) is 18.9. The van der Waals surface area contributed by atoms with E-state index in [0.29, 0.717) is 0 Å². The van der Waals surface area contributed by atoms with Gasteiger partial charge in [0.2, 0.25) is 0 Å². The zero-order chi connectivity index (χ0) is 36.8. The van der Waals surface area contributed by atoms with Crippen LogP contribution >= 0.6 is 0 Å². The number of anilines is 6. The van der Waals surface area contributed by atoms with Gasteiger partial charge in [0.1, 0.15) is 0 Å². The molecule has 8 aromatic carbocycles. The van der Waals surface area contributed by atoms with E-state index >= 15 is 0 Å². The fraction of sp³-hybridized carbons (Fsp3) is 0.176. The second kappa shape index (κ2) is 12.1. The molecule has 0 fully saturated rings. The van der Waals surface area contributed by atoms with Gasteiger partial charge in [0.25, 0.3) is 0 Å². The summed E-state index contributed by atoms with van der Waals surface area (Å²) in [5.74, 6) is 0. The van der Waals surface area contributed by atoms with Crippen molar-refractivity contribution in [2.45, 2.75) is 60.8 Å². The second-order valence-corrected chi connectivity index (χ2v) is 15.9. The molecule has 0 aromatic heterocycles. The molecule has 2 nitrogen and oxygen atoms in total. The lowest BCUT2D eigenvalue weighted by atomic mass is 9.72. The Kier molecular flexibility index (Phi) is 7.54. The van der Waals surface area contributed by atoms with E-state index in [9.17, 15) is 0 Å². The van der Waals surface area contributed by atoms with Gasteiger partial charge >= 0.3 is 0 Å². The highest BCUT2D eigenvalue weighted by molar-refractivity contribution is 6.23. The quantitative estimate of drug-likeness (QED) is 0.134. The van der Waals surface area contributed by atoms with Crippen LogP contribution in [0.5, 0.6) is 0 Å². The number of benzene rings is 8. The molecule has 0 aliphatic carbocycles. The Morgan fingerprint density at radius 3 is 1.72 bits per heavy atom. The Balaban J connectivity index is 1.40. The number of hydrogen-bond acceptors (Lipinski definition) is 2. The fourth-order valence-corrected chi connectivity index (χ4v) is 8.96. The highest BCUT2D eigenvalue weighted by Crippen LogP contribution is 2.56. The maximum Gasteiger partial charge on any atom is 0.0618 e. The summed E-state index contributed by atoms with van der Waals surface area (Å²) in [6, 6.07) is 50.6. The first-order chi connectivity index (χ1) is 25.5. The van der Waals surface area contributed by atoms with Crippen molar-refractivity contribution in [3.05, 3.63) is 178 Å². The van der Waals surface area contributed by atoms with Crippen LogP contribution in [0.2, 0.25) is 0 Å². The van der Waals surface area contributed by atoms with Crippen molar-refractivity contribution < 1.29 is 0 Å². The predicted molar refractivity (Wildman–Crippen MR) is 229 cm³/mol. The lowest BCUT2D eigenvalue weighted by Crippen LogP contribution is -2.31. The van der Waals surface area contributed by atoms with Gasteiger partial charge in [-0.2, -0.15) is 0 Å². The summed E-state index contributed by atoms with van der Waals surface area (Å²) in [4.78, 5) is 5.04. The molecule has 8 aromatic rings. The molecule has 0 amide bonds. The molecule has 1 heterocycles. The third-order valence-corrected chi connectivity index (χ3v) is 11.7. The Labute approximate surface area is 314 Å². The van der Waals surface area contributed by atoms with Crippen LogP contribution in [0.25, 0.3) is 32.3 Å². The van der Waals surface area contributed by atoms with Crippen LogP contribution in [0.1, 0.15) is 58.4 Å². The molecule has 0 unspecified atom stereocenters. The van der Waals surface area contributed by atoms with Crippen LogP contribution in [-0.4, -0.2) is 0 Å². The topological polar surface area (TPSA) is 6.48 Å². The Bertz CT molecular complexity index is 2720. The SMILES string of the molecule is Cc1ccc(N2c3ccc(C)cc3C(C)(C)c3ccc4c(ccc5c(N(c6ccc(C)cc6C)c6ccc(C)cc6C)c6ccccc6cc54)c32)cc1. The highest BCUT2D eigenvalue weighted by Gasteiger charge is 2.38. The minimum atomic E-state index is -0.182. The van der Waals surface area contributed by atoms with Gasteiger partial charge in [0.15, 0.2) is 0 Å².